The number of Topliss-reactive ketones (excluding diaryl/α,β-unsaturated/α-hetero) is 1. The van der Waals surface area contributed by atoms with Crippen LogP contribution in [0, 0.1) is 13.8 Å². The third kappa shape index (κ3) is 7.83. The highest BCUT2D eigenvalue weighted by Crippen LogP contribution is 2.33. The molecular formula is C27H30F3N7OS2. The Kier molecular flexibility index (Phi) is 9.82. The molecule has 0 saturated heterocycles. The van der Waals surface area contributed by atoms with Gasteiger partial charge >= 0.3 is 6.18 Å². The maximum atomic E-state index is 13.1. The van der Waals surface area contributed by atoms with Gasteiger partial charge in [0, 0.05) is 36.4 Å². The van der Waals surface area contributed by atoms with E-state index in [0.29, 0.717) is 35.4 Å². The number of nitrogens with one attached hydrogen (secondary N) is 2. The van der Waals surface area contributed by atoms with Gasteiger partial charge in [-0.2, -0.15) is 13.2 Å². The first kappa shape index (κ1) is 29.6. The molecule has 0 amide bonds. The van der Waals surface area contributed by atoms with Gasteiger partial charge < -0.3 is 15.5 Å². The molecule has 0 bridgehead atoms. The van der Waals surface area contributed by atoms with E-state index in [1.54, 1.807) is 28.4 Å². The molecule has 212 valence electrons. The Bertz CT molecular complexity index is 1400. The van der Waals surface area contributed by atoms with Gasteiger partial charge in [0.15, 0.2) is 10.9 Å². The lowest BCUT2D eigenvalue weighted by Crippen LogP contribution is -2.37. The molecule has 0 unspecified atom stereocenters. The van der Waals surface area contributed by atoms with Crippen LogP contribution < -0.4 is 15.5 Å². The minimum absolute atomic E-state index is 0.0499. The van der Waals surface area contributed by atoms with Gasteiger partial charge in [0.05, 0.1) is 33.4 Å². The van der Waals surface area contributed by atoms with Crippen molar-refractivity contribution in [3.63, 3.8) is 0 Å². The number of rotatable bonds is 13. The number of carbonyl (C=O) groups is 1. The van der Waals surface area contributed by atoms with Crippen molar-refractivity contribution < 1.29 is 18.0 Å². The van der Waals surface area contributed by atoms with Gasteiger partial charge in [-0.3, -0.25) is 4.79 Å². The van der Waals surface area contributed by atoms with E-state index in [1.165, 1.54) is 23.6 Å². The second kappa shape index (κ2) is 13.3. The van der Waals surface area contributed by atoms with Crippen LogP contribution in [0.5, 0.6) is 0 Å². The molecule has 8 nitrogen and oxygen atoms in total. The van der Waals surface area contributed by atoms with Crippen molar-refractivity contribution in [1.82, 2.24) is 25.3 Å². The van der Waals surface area contributed by atoms with Gasteiger partial charge in [-0.05, 0) is 51.1 Å². The number of unbranched alkanes of at least 4 members (excludes halogenated alkanes) is 1. The number of hydrogen-bond donors (Lipinski definition) is 2. The van der Waals surface area contributed by atoms with Gasteiger partial charge in [-0.15, -0.1) is 22.7 Å². The molecule has 0 aliphatic heterocycles. The van der Waals surface area contributed by atoms with Crippen molar-refractivity contribution in [2.75, 3.05) is 36.4 Å². The molecular weight excluding hydrogens is 559 g/mol. The second-order valence-corrected chi connectivity index (χ2v) is 11.2. The predicted octanol–water partition coefficient (Wildman–Crippen LogP) is 6.51. The Morgan fingerprint density at radius 3 is 2.50 bits per heavy atom. The molecule has 4 aromatic heterocycles. The molecule has 4 rings (SSSR count). The van der Waals surface area contributed by atoms with Gasteiger partial charge in [0.2, 0.25) is 0 Å². The van der Waals surface area contributed by atoms with Crippen LogP contribution in [-0.2, 0) is 6.18 Å². The number of aromatic nitrogens is 4. The highest BCUT2D eigenvalue weighted by Gasteiger charge is 2.31. The van der Waals surface area contributed by atoms with E-state index < -0.39 is 11.7 Å². The highest BCUT2D eigenvalue weighted by molar-refractivity contribution is 7.16. The van der Waals surface area contributed by atoms with Crippen LogP contribution in [0.3, 0.4) is 0 Å². The quantitative estimate of drug-likeness (QED) is 0.135. The van der Waals surface area contributed by atoms with E-state index in [-0.39, 0.29) is 12.3 Å². The van der Waals surface area contributed by atoms with Crippen LogP contribution in [0.1, 0.15) is 46.4 Å². The summed E-state index contributed by atoms with van der Waals surface area (Å²) in [4.78, 5) is 33.3. The van der Waals surface area contributed by atoms with Crippen molar-refractivity contribution in [3.8, 4) is 10.6 Å². The van der Waals surface area contributed by atoms with E-state index in [2.05, 4.69) is 37.5 Å². The van der Waals surface area contributed by atoms with Crippen molar-refractivity contribution >= 4 is 45.2 Å². The Morgan fingerprint density at radius 1 is 1.05 bits per heavy atom. The molecule has 0 saturated carbocycles. The van der Waals surface area contributed by atoms with Crippen molar-refractivity contribution in [2.45, 2.75) is 39.8 Å². The van der Waals surface area contributed by atoms with E-state index in [1.807, 2.05) is 19.2 Å². The molecule has 0 radical (unpaired) electrons. The predicted molar refractivity (Wildman–Crippen MR) is 154 cm³/mol. The Balaban J connectivity index is 1.41. The van der Waals surface area contributed by atoms with Crippen LogP contribution in [0.25, 0.3) is 10.6 Å². The third-order valence-corrected chi connectivity index (χ3v) is 7.81. The van der Waals surface area contributed by atoms with E-state index in [0.717, 1.165) is 52.9 Å². The summed E-state index contributed by atoms with van der Waals surface area (Å²) in [5.41, 5.74) is 1.35. The van der Waals surface area contributed by atoms with Crippen molar-refractivity contribution in [2.24, 2.45) is 0 Å². The van der Waals surface area contributed by atoms with Gasteiger partial charge in [-0.25, -0.2) is 19.9 Å². The molecule has 40 heavy (non-hydrogen) atoms. The molecule has 0 aliphatic carbocycles. The molecule has 2 N–H and O–H groups in total. The number of ketones is 1. The average molecular weight is 590 g/mol. The average Bonchev–Trinajstić information content (AvgIpc) is 3.52. The summed E-state index contributed by atoms with van der Waals surface area (Å²) in [6.45, 7) is 7.75. The molecule has 0 atom stereocenters. The summed E-state index contributed by atoms with van der Waals surface area (Å²) in [7, 11) is 0. The van der Waals surface area contributed by atoms with Crippen molar-refractivity contribution in [1.29, 1.82) is 0 Å². The lowest BCUT2D eigenvalue weighted by Gasteiger charge is -2.23. The van der Waals surface area contributed by atoms with E-state index in [9.17, 15) is 18.0 Å². The fourth-order valence-corrected chi connectivity index (χ4v) is 5.53. The van der Waals surface area contributed by atoms with E-state index >= 15 is 0 Å². The largest absolute Gasteiger partial charge is 0.417 e. The van der Waals surface area contributed by atoms with Crippen LogP contribution >= 0.6 is 22.7 Å². The Hall–Kier alpha value is -3.42. The fourth-order valence-electron chi connectivity index (χ4n) is 3.87. The standard InChI is InChI=1S/C27H30F3N7OS2/c1-4-5-10-31-11-12-37(24-9-7-20(14-33-24)27(28,29)30)15-22(38)19-6-8-23(32-13-19)36-26-35-21(16-39-26)25-17(2)34-18(3)40-25/h6-9,13-14,16,31H,4-5,10-12,15H2,1-3H3,(H,32,35,36). The molecule has 0 aromatic carbocycles. The minimum atomic E-state index is -4.48. The lowest BCUT2D eigenvalue weighted by molar-refractivity contribution is -0.137. The molecule has 4 heterocycles. The number of thiazole rings is 2. The first-order valence-electron chi connectivity index (χ1n) is 12.8. The lowest BCUT2D eigenvalue weighted by atomic mass is 10.1. The Morgan fingerprint density at radius 2 is 1.88 bits per heavy atom. The van der Waals surface area contributed by atoms with Crippen LogP contribution in [-0.4, -0.2) is 51.9 Å². The topological polar surface area (TPSA) is 95.9 Å². The van der Waals surface area contributed by atoms with Crippen LogP contribution in [0.15, 0.2) is 42.0 Å². The normalized spacial score (nSPS) is 11.6. The number of aryl methyl sites for hydroxylation is 2. The summed E-state index contributed by atoms with van der Waals surface area (Å²) >= 11 is 3.04. The first-order chi connectivity index (χ1) is 19.1. The number of halogens is 3. The smallest absolute Gasteiger partial charge is 0.348 e. The van der Waals surface area contributed by atoms with Gasteiger partial charge in [0.1, 0.15) is 11.6 Å². The minimum Gasteiger partial charge on any atom is -0.348 e. The number of pyridine rings is 2. The van der Waals surface area contributed by atoms with E-state index in [4.69, 9.17) is 0 Å². The maximum absolute atomic E-state index is 13.1. The van der Waals surface area contributed by atoms with Gasteiger partial charge in [-0.1, -0.05) is 13.3 Å². The zero-order valence-corrected chi connectivity index (χ0v) is 24.0. The first-order valence-corrected chi connectivity index (χ1v) is 14.5. The molecule has 0 fully saturated rings. The number of nitrogens with zero attached hydrogens (tertiary/aromatic N) is 5. The maximum Gasteiger partial charge on any atom is 0.417 e. The highest BCUT2D eigenvalue weighted by atomic mass is 32.1. The summed E-state index contributed by atoms with van der Waals surface area (Å²) in [6.07, 6.45) is -0.150. The summed E-state index contributed by atoms with van der Waals surface area (Å²) < 4.78 is 39.0. The number of anilines is 3. The number of hydrogen-bond acceptors (Lipinski definition) is 10. The molecule has 0 aliphatic rings. The molecule has 4 aromatic rings. The summed E-state index contributed by atoms with van der Waals surface area (Å²) in [6, 6.07) is 5.64. The fraction of sp³-hybridized carbons (Fsp3) is 0.370. The number of carbonyl (C=O) groups excluding carboxylic acids is 1. The summed E-state index contributed by atoms with van der Waals surface area (Å²) in [5, 5.41) is 10.1. The third-order valence-electron chi connectivity index (χ3n) is 5.96. The molecule has 13 heteroatoms. The second-order valence-electron chi connectivity index (χ2n) is 9.09. The van der Waals surface area contributed by atoms with Crippen LogP contribution in [0.4, 0.5) is 29.9 Å². The number of alkyl halides is 3. The Labute approximate surface area is 238 Å². The SMILES string of the molecule is CCCCNCCN(CC(=O)c1ccc(Nc2nc(-c3sc(C)nc3C)cs2)nc1)c1ccc(C(F)(F)F)cn1. The van der Waals surface area contributed by atoms with Crippen molar-refractivity contribution in [3.05, 3.63) is 63.9 Å². The zero-order chi connectivity index (χ0) is 28.7. The molecule has 0 spiro atoms. The van der Waals surface area contributed by atoms with Crippen LogP contribution in [0.2, 0.25) is 0 Å². The summed E-state index contributed by atoms with van der Waals surface area (Å²) in [5.74, 6) is 0.619. The monoisotopic (exact) mass is 589 g/mol. The zero-order valence-electron chi connectivity index (χ0n) is 22.4. The van der Waals surface area contributed by atoms with Gasteiger partial charge in [0.25, 0.3) is 0 Å².